The largest absolute Gasteiger partial charge is 0.350 e. The summed E-state index contributed by atoms with van der Waals surface area (Å²) < 4.78 is 0. The third-order valence-corrected chi connectivity index (χ3v) is 3.46. The summed E-state index contributed by atoms with van der Waals surface area (Å²) in [4.78, 5) is 28.1. The first-order valence-electron chi connectivity index (χ1n) is 6.27. The Morgan fingerprint density at radius 1 is 1.21 bits per heavy atom. The van der Waals surface area contributed by atoms with Crippen molar-refractivity contribution in [3.63, 3.8) is 0 Å². The van der Waals surface area contributed by atoms with Gasteiger partial charge >= 0.3 is 0 Å². The van der Waals surface area contributed by atoms with Gasteiger partial charge in [0.05, 0.1) is 0 Å². The van der Waals surface area contributed by atoms with E-state index in [-0.39, 0.29) is 11.8 Å². The van der Waals surface area contributed by atoms with Gasteiger partial charge in [-0.3, -0.25) is 14.5 Å². The fourth-order valence-electron chi connectivity index (χ4n) is 2.53. The molecule has 4 heteroatoms. The summed E-state index contributed by atoms with van der Waals surface area (Å²) >= 11 is 0. The van der Waals surface area contributed by atoms with Gasteiger partial charge in [-0.2, -0.15) is 0 Å². The average molecular weight is 254 g/mol. The van der Waals surface area contributed by atoms with Crippen molar-refractivity contribution in [3.8, 4) is 0 Å². The molecule has 0 radical (unpaired) electrons. The Balaban J connectivity index is 2.11. The highest BCUT2D eigenvalue weighted by Gasteiger charge is 2.30. The summed E-state index contributed by atoms with van der Waals surface area (Å²) in [6, 6.07) is 0. The van der Waals surface area contributed by atoms with Gasteiger partial charge in [-0.25, -0.2) is 0 Å². The van der Waals surface area contributed by atoms with E-state index < -0.39 is 0 Å². The lowest BCUT2D eigenvalue weighted by atomic mass is 10.00. The summed E-state index contributed by atoms with van der Waals surface area (Å²) in [5, 5.41) is 0. The van der Waals surface area contributed by atoms with Crippen molar-refractivity contribution in [1.29, 1.82) is 0 Å². The van der Waals surface area contributed by atoms with E-state index in [4.69, 9.17) is 0 Å². The van der Waals surface area contributed by atoms with Gasteiger partial charge in [0.2, 0.25) is 5.91 Å². The molecule has 0 saturated heterocycles. The number of rotatable bonds is 0. The van der Waals surface area contributed by atoms with Crippen LogP contribution in [0.2, 0.25) is 0 Å². The van der Waals surface area contributed by atoms with Crippen molar-refractivity contribution < 1.29 is 9.59 Å². The second kappa shape index (κ2) is 4.39. The Labute approximate surface area is 111 Å². The number of nitrogens with zero attached hydrogens (tertiary/aromatic N) is 1. The molecule has 2 aliphatic rings. The molecule has 0 atom stereocenters. The zero-order valence-corrected chi connectivity index (χ0v) is 10.6. The number of hydrogen-bond donors (Lipinski definition) is 1. The monoisotopic (exact) mass is 254 g/mol. The van der Waals surface area contributed by atoms with E-state index in [1.165, 1.54) is 11.8 Å². The van der Waals surface area contributed by atoms with Crippen molar-refractivity contribution in [2.45, 2.75) is 13.3 Å². The lowest BCUT2D eigenvalue weighted by Crippen LogP contribution is -2.40. The van der Waals surface area contributed by atoms with E-state index in [0.717, 1.165) is 16.8 Å². The van der Waals surface area contributed by atoms with Gasteiger partial charge < -0.3 is 4.98 Å². The number of aromatic nitrogens is 1. The topological polar surface area (TPSA) is 53.2 Å². The summed E-state index contributed by atoms with van der Waals surface area (Å²) in [7, 11) is 0. The summed E-state index contributed by atoms with van der Waals surface area (Å²) in [5.41, 5.74) is 3.52. The standard InChI is InChI=1S/C15H14N2O2/c1-10(18)17-9-8-12-11-6-4-2-3-5-7-13(11)16-14(12)15(17)19/h2-7,16H,8-9H2,1H3. The minimum absolute atomic E-state index is 0.203. The smallest absolute Gasteiger partial charge is 0.277 e. The lowest BCUT2D eigenvalue weighted by Gasteiger charge is -2.23. The van der Waals surface area contributed by atoms with Crippen LogP contribution in [-0.4, -0.2) is 28.2 Å². The molecular formula is C15H14N2O2. The van der Waals surface area contributed by atoms with Crippen LogP contribution in [0.3, 0.4) is 0 Å². The highest BCUT2D eigenvalue weighted by Crippen LogP contribution is 2.28. The van der Waals surface area contributed by atoms with E-state index in [9.17, 15) is 9.59 Å². The van der Waals surface area contributed by atoms with Crippen molar-refractivity contribution in [3.05, 3.63) is 46.8 Å². The number of nitrogens with one attached hydrogen (secondary N) is 1. The Morgan fingerprint density at radius 3 is 2.68 bits per heavy atom. The summed E-state index contributed by atoms with van der Waals surface area (Å²) in [6.07, 6.45) is 12.4. The van der Waals surface area contributed by atoms with Crippen LogP contribution in [0.25, 0.3) is 12.2 Å². The molecule has 1 N–H and O–H groups in total. The second-order valence-electron chi connectivity index (χ2n) is 4.63. The first-order chi connectivity index (χ1) is 9.18. The third-order valence-electron chi connectivity index (χ3n) is 3.46. The quantitative estimate of drug-likeness (QED) is 0.771. The molecule has 1 aromatic heterocycles. The van der Waals surface area contributed by atoms with Crippen molar-refractivity contribution in [2.75, 3.05) is 6.54 Å². The van der Waals surface area contributed by atoms with Gasteiger partial charge in [-0.1, -0.05) is 30.4 Å². The van der Waals surface area contributed by atoms with Crippen LogP contribution in [0, 0.1) is 0 Å². The number of allylic oxidation sites excluding steroid dienone is 4. The molecule has 0 bridgehead atoms. The van der Waals surface area contributed by atoms with Crippen LogP contribution in [0.15, 0.2) is 24.3 Å². The molecular weight excluding hydrogens is 240 g/mol. The van der Waals surface area contributed by atoms with Gasteiger partial charge in [0, 0.05) is 24.7 Å². The average Bonchev–Trinajstić information content (AvgIpc) is 2.67. The molecule has 96 valence electrons. The Bertz CT molecular complexity index is 647. The Morgan fingerprint density at radius 2 is 1.95 bits per heavy atom. The first kappa shape index (κ1) is 11.7. The van der Waals surface area contributed by atoms with Crippen LogP contribution in [0.4, 0.5) is 0 Å². The molecule has 1 aromatic rings. The van der Waals surface area contributed by atoms with Gasteiger partial charge in [-0.05, 0) is 18.1 Å². The first-order valence-corrected chi connectivity index (χ1v) is 6.27. The summed E-state index contributed by atoms with van der Waals surface area (Å²) in [6.45, 7) is 1.88. The second-order valence-corrected chi connectivity index (χ2v) is 4.63. The fraction of sp³-hybridized carbons (Fsp3) is 0.200. The Hall–Kier alpha value is -2.36. The third kappa shape index (κ3) is 1.85. The molecule has 1 aliphatic heterocycles. The van der Waals surface area contributed by atoms with Gasteiger partial charge in [0.1, 0.15) is 5.69 Å². The number of amides is 2. The number of carbonyl (C=O) groups excluding carboxylic acids is 2. The number of H-pyrrole nitrogens is 1. The highest BCUT2D eigenvalue weighted by molar-refractivity contribution is 6.06. The number of carbonyl (C=O) groups is 2. The van der Waals surface area contributed by atoms with Crippen LogP contribution >= 0.6 is 0 Å². The molecule has 3 rings (SSSR count). The van der Waals surface area contributed by atoms with Crippen LogP contribution in [0.5, 0.6) is 0 Å². The van der Waals surface area contributed by atoms with E-state index in [1.54, 1.807) is 0 Å². The maximum atomic E-state index is 12.3. The normalized spacial score (nSPS) is 16.9. The zero-order chi connectivity index (χ0) is 13.4. The molecule has 2 amide bonds. The highest BCUT2D eigenvalue weighted by atomic mass is 16.2. The molecule has 0 unspecified atom stereocenters. The summed E-state index contributed by atoms with van der Waals surface area (Å²) in [5.74, 6) is -0.430. The van der Waals surface area contributed by atoms with Gasteiger partial charge in [0.25, 0.3) is 5.91 Å². The van der Waals surface area contributed by atoms with E-state index in [0.29, 0.717) is 18.7 Å². The van der Waals surface area contributed by atoms with Crippen molar-refractivity contribution >= 4 is 24.0 Å². The maximum Gasteiger partial charge on any atom is 0.277 e. The van der Waals surface area contributed by atoms with E-state index in [1.807, 2.05) is 36.5 Å². The molecule has 2 heterocycles. The molecule has 0 aromatic carbocycles. The SMILES string of the molecule is CC(=O)N1CCc2c([nH]c3c2C=CC=CC=C3)C1=O. The number of imide groups is 1. The predicted molar refractivity (Wildman–Crippen MR) is 73.4 cm³/mol. The molecule has 0 saturated carbocycles. The number of hydrogen-bond acceptors (Lipinski definition) is 2. The number of fused-ring (bicyclic) bond motifs is 3. The molecule has 4 nitrogen and oxygen atoms in total. The van der Waals surface area contributed by atoms with Crippen LogP contribution in [-0.2, 0) is 11.2 Å². The predicted octanol–water partition coefficient (Wildman–Crippen LogP) is 2.16. The van der Waals surface area contributed by atoms with E-state index >= 15 is 0 Å². The van der Waals surface area contributed by atoms with Gasteiger partial charge in [0.15, 0.2) is 0 Å². The van der Waals surface area contributed by atoms with Gasteiger partial charge in [-0.15, -0.1) is 0 Å². The lowest BCUT2D eigenvalue weighted by molar-refractivity contribution is -0.126. The molecule has 0 spiro atoms. The maximum absolute atomic E-state index is 12.3. The molecule has 19 heavy (non-hydrogen) atoms. The van der Waals surface area contributed by atoms with Crippen LogP contribution < -0.4 is 0 Å². The zero-order valence-electron chi connectivity index (χ0n) is 10.6. The molecule has 0 fully saturated rings. The van der Waals surface area contributed by atoms with Crippen molar-refractivity contribution in [1.82, 2.24) is 9.88 Å². The Kier molecular flexibility index (Phi) is 2.71. The number of aromatic amines is 1. The van der Waals surface area contributed by atoms with E-state index in [2.05, 4.69) is 4.98 Å². The molecule has 1 aliphatic carbocycles. The van der Waals surface area contributed by atoms with Crippen molar-refractivity contribution in [2.24, 2.45) is 0 Å². The fourth-order valence-corrected chi connectivity index (χ4v) is 2.53. The minimum Gasteiger partial charge on any atom is -0.350 e. The van der Waals surface area contributed by atoms with Crippen LogP contribution in [0.1, 0.15) is 34.2 Å². The minimum atomic E-state index is -0.227.